The van der Waals surface area contributed by atoms with Gasteiger partial charge in [-0.25, -0.2) is 0 Å². The molecule has 3 aromatic carbocycles. The molecule has 0 aliphatic carbocycles. The fraction of sp³-hybridized carbons (Fsp3) is 0.400. The van der Waals surface area contributed by atoms with Crippen LogP contribution in [0.25, 0.3) is 11.1 Å². The van der Waals surface area contributed by atoms with Crippen LogP contribution in [0.2, 0.25) is 0 Å². The lowest BCUT2D eigenvalue weighted by Gasteiger charge is -2.37. The molecule has 0 spiro atoms. The molecule has 0 bridgehead atoms. The van der Waals surface area contributed by atoms with Gasteiger partial charge in [0.25, 0.3) is 0 Å². The first kappa shape index (κ1) is 27.2. The second-order valence-electron chi connectivity index (χ2n) is 9.91. The summed E-state index contributed by atoms with van der Waals surface area (Å²) in [5.41, 5.74) is 3.26. The van der Waals surface area contributed by atoms with Gasteiger partial charge in [-0.3, -0.25) is 4.90 Å². The van der Waals surface area contributed by atoms with E-state index in [-0.39, 0.29) is 6.04 Å². The van der Waals surface area contributed by atoms with Crippen LogP contribution in [0.5, 0.6) is 0 Å². The molecule has 3 aromatic rings. The van der Waals surface area contributed by atoms with Gasteiger partial charge in [0.05, 0.1) is 11.1 Å². The molecule has 37 heavy (non-hydrogen) atoms. The second-order valence-corrected chi connectivity index (χ2v) is 9.91. The molecule has 1 fully saturated rings. The molecule has 0 radical (unpaired) electrons. The van der Waals surface area contributed by atoms with Gasteiger partial charge in [-0.1, -0.05) is 62.7 Å². The van der Waals surface area contributed by atoms with Gasteiger partial charge in [-0.15, -0.1) is 0 Å². The lowest BCUT2D eigenvalue weighted by molar-refractivity contribution is -0.138. The highest BCUT2D eigenvalue weighted by atomic mass is 19.4. The normalized spacial score (nSPS) is 18.1. The number of alkyl halides is 6. The standard InChI is InChI=1S/C30H31F6N/c1-3-20(2)23-11-16-26(27(18-23)22-9-14-25(15-10-22)30(34,35)36)28-6-4-5-17-37(28)19-21-7-12-24(13-8-21)29(31,32)33/h7-16,18,20,28H,3-6,17,19H2,1-2H3. The van der Waals surface area contributed by atoms with E-state index >= 15 is 0 Å². The lowest BCUT2D eigenvalue weighted by Crippen LogP contribution is -2.33. The van der Waals surface area contributed by atoms with E-state index in [2.05, 4.69) is 36.9 Å². The van der Waals surface area contributed by atoms with E-state index in [9.17, 15) is 26.3 Å². The lowest BCUT2D eigenvalue weighted by atomic mass is 9.85. The number of hydrogen-bond donors (Lipinski definition) is 0. The van der Waals surface area contributed by atoms with Crippen molar-refractivity contribution in [2.45, 2.75) is 70.4 Å². The molecule has 198 valence electrons. The predicted molar refractivity (Wildman–Crippen MR) is 134 cm³/mol. The van der Waals surface area contributed by atoms with E-state index in [0.717, 1.165) is 84.3 Å². The summed E-state index contributed by atoms with van der Waals surface area (Å²) in [4.78, 5) is 2.28. The van der Waals surface area contributed by atoms with Crippen LogP contribution in [0.15, 0.2) is 66.7 Å². The van der Waals surface area contributed by atoms with Crippen molar-refractivity contribution in [2.75, 3.05) is 6.54 Å². The van der Waals surface area contributed by atoms with Crippen molar-refractivity contribution in [1.29, 1.82) is 0 Å². The Morgan fingerprint density at radius 2 is 1.41 bits per heavy atom. The van der Waals surface area contributed by atoms with Gasteiger partial charge in [-0.2, -0.15) is 26.3 Å². The molecule has 1 saturated heterocycles. The highest BCUT2D eigenvalue weighted by Crippen LogP contribution is 2.40. The van der Waals surface area contributed by atoms with Crippen molar-refractivity contribution in [1.82, 2.24) is 4.90 Å². The summed E-state index contributed by atoms with van der Waals surface area (Å²) in [5, 5.41) is 0. The van der Waals surface area contributed by atoms with Crippen LogP contribution >= 0.6 is 0 Å². The largest absolute Gasteiger partial charge is 0.416 e. The molecular formula is C30H31F6N. The molecular weight excluding hydrogens is 488 g/mol. The molecule has 0 aromatic heterocycles. The molecule has 2 atom stereocenters. The Morgan fingerprint density at radius 1 is 0.811 bits per heavy atom. The monoisotopic (exact) mass is 519 g/mol. The maximum Gasteiger partial charge on any atom is 0.416 e. The van der Waals surface area contributed by atoms with Gasteiger partial charge in [0, 0.05) is 12.6 Å². The van der Waals surface area contributed by atoms with Crippen LogP contribution in [0, 0.1) is 0 Å². The predicted octanol–water partition coefficient (Wildman–Crippen LogP) is 9.63. The zero-order valence-corrected chi connectivity index (χ0v) is 21.0. The Labute approximate surface area is 214 Å². The number of hydrogen-bond acceptors (Lipinski definition) is 1. The molecule has 0 N–H and O–H groups in total. The highest BCUT2D eigenvalue weighted by molar-refractivity contribution is 5.69. The third-order valence-electron chi connectivity index (χ3n) is 7.42. The fourth-order valence-corrected chi connectivity index (χ4v) is 5.06. The number of likely N-dealkylation sites (tertiary alicyclic amines) is 1. The third kappa shape index (κ3) is 6.38. The molecule has 0 saturated carbocycles. The zero-order chi connectivity index (χ0) is 26.8. The number of benzene rings is 3. The van der Waals surface area contributed by atoms with Gasteiger partial charge < -0.3 is 0 Å². The summed E-state index contributed by atoms with van der Waals surface area (Å²) in [7, 11) is 0. The molecule has 4 rings (SSSR count). The van der Waals surface area contributed by atoms with E-state index in [1.165, 1.54) is 24.3 Å². The summed E-state index contributed by atoms with van der Waals surface area (Å²) in [6.07, 6.45) is -4.97. The van der Waals surface area contributed by atoms with Crippen molar-refractivity contribution in [3.05, 3.63) is 94.5 Å². The maximum absolute atomic E-state index is 13.2. The molecule has 1 aliphatic heterocycles. The second kappa shape index (κ2) is 10.9. The van der Waals surface area contributed by atoms with Gasteiger partial charge in [-0.05, 0) is 83.8 Å². The van der Waals surface area contributed by atoms with E-state index in [1.54, 1.807) is 0 Å². The number of halogens is 6. The average molecular weight is 520 g/mol. The molecule has 1 heterocycles. The first-order chi connectivity index (χ1) is 17.5. The van der Waals surface area contributed by atoms with Crippen LogP contribution in [0.3, 0.4) is 0 Å². The minimum atomic E-state index is -4.40. The van der Waals surface area contributed by atoms with E-state index in [1.807, 2.05) is 0 Å². The molecule has 1 aliphatic rings. The van der Waals surface area contributed by atoms with Crippen molar-refractivity contribution >= 4 is 0 Å². The average Bonchev–Trinajstić information content (AvgIpc) is 2.87. The van der Waals surface area contributed by atoms with Gasteiger partial charge in [0.15, 0.2) is 0 Å². The third-order valence-corrected chi connectivity index (χ3v) is 7.42. The Morgan fingerprint density at radius 3 is 1.97 bits per heavy atom. The van der Waals surface area contributed by atoms with Gasteiger partial charge in [0.2, 0.25) is 0 Å². The number of nitrogens with zero attached hydrogens (tertiary/aromatic N) is 1. The van der Waals surface area contributed by atoms with Crippen LogP contribution in [-0.2, 0) is 18.9 Å². The summed E-state index contributed by atoms with van der Waals surface area (Å²) >= 11 is 0. The zero-order valence-electron chi connectivity index (χ0n) is 21.0. The molecule has 0 amide bonds. The van der Waals surface area contributed by atoms with E-state index < -0.39 is 23.5 Å². The summed E-state index contributed by atoms with van der Waals surface area (Å²) in [5.74, 6) is 0.303. The van der Waals surface area contributed by atoms with E-state index in [4.69, 9.17) is 0 Å². The molecule has 2 unspecified atom stereocenters. The van der Waals surface area contributed by atoms with Crippen molar-refractivity contribution in [3.8, 4) is 11.1 Å². The number of rotatable bonds is 6. The van der Waals surface area contributed by atoms with Gasteiger partial charge >= 0.3 is 12.4 Å². The summed E-state index contributed by atoms with van der Waals surface area (Å²) < 4.78 is 78.6. The maximum atomic E-state index is 13.2. The molecule has 1 nitrogen and oxygen atoms in total. The van der Waals surface area contributed by atoms with Crippen LogP contribution in [0.4, 0.5) is 26.3 Å². The van der Waals surface area contributed by atoms with Crippen molar-refractivity contribution < 1.29 is 26.3 Å². The van der Waals surface area contributed by atoms with Crippen molar-refractivity contribution in [2.24, 2.45) is 0 Å². The quantitative estimate of drug-likeness (QED) is 0.293. The fourth-order valence-electron chi connectivity index (χ4n) is 5.06. The molecule has 7 heteroatoms. The Balaban J connectivity index is 1.70. The van der Waals surface area contributed by atoms with Crippen LogP contribution in [-0.4, -0.2) is 11.4 Å². The minimum Gasteiger partial charge on any atom is -0.292 e. The Bertz CT molecular complexity index is 1180. The van der Waals surface area contributed by atoms with Crippen molar-refractivity contribution in [3.63, 3.8) is 0 Å². The highest BCUT2D eigenvalue weighted by Gasteiger charge is 2.32. The topological polar surface area (TPSA) is 3.24 Å². The summed E-state index contributed by atoms with van der Waals surface area (Å²) in [6.45, 7) is 5.53. The first-order valence-electron chi connectivity index (χ1n) is 12.7. The van der Waals surface area contributed by atoms with Crippen LogP contribution < -0.4 is 0 Å². The number of piperidine rings is 1. The SMILES string of the molecule is CCC(C)c1ccc(C2CCCCN2Cc2ccc(C(F)(F)F)cc2)c(-c2ccc(C(F)(F)F)cc2)c1. The first-order valence-corrected chi connectivity index (χ1v) is 12.7. The minimum absolute atomic E-state index is 0.0133. The van der Waals surface area contributed by atoms with Crippen LogP contribution in [0.1, 0.15) is 79.3 Å². The Hall–Kier alpha value is -2.80. The smallest absolute Gasteiger partial charge is 0.292 e. The summed E-state index contributed by atoms with van der Waals surface area (Å²) in [6, 6.07) is 16.9. The Kier molecular flexibility index (Phi) is 8.02. The van der Waals surface area contributed by atoms with E-state index in [0.29, 0.717) is 12.5 Å². The van der Waals surface area contributed by atoms with Gasteiger partial charge in [0.1, 0.15) is 0 Å².